The minimum Gasteiger partial charge on any atom is -0.434 e. The quantitative estimate of drug-likeness (QED) is 0.806. The van der Waals surface area contributed by atoms with E-state index in [4.69, 9.17) is 11.6 Å². The Bertz CT molecular complexity index is 424. The molecule has 0 radical (unpaired) electrons. The summed E-state index contributed by atoms with van der Waals surface area (Å²) in [6.45, 7) is 2.13. The van der Waals surface area contributed by atoms with E-state index in [2.05, 4.69) is 17.0 Å². The maximum absolute atomic E-state index is 12.3. The smallest absolute Gasteiger partial charge is 0.387 e. The first kappa shape index (κ1) is 15.9. The van der Waals surface area contributed by atoms with Crippen LogP contribution in [0.15, 0.2) is 24.3 Å². The van der Waals surface area contributed by atoms with Gasteiger partial charge in [-0.1, -0.05) is 30.7 Å². The molecule has 1 rings (SSSR count). The Morgan fingerprint density at radius 2 is 2.16 bits per heavy atom. The highest BCUT2D eigenvalue weighted by atomic mass is 35.5. The molecule has 5 heteroatoms. The molecule has 0 heterocycles. The fraction of sp³-hybridized carbons (Fsp3) is 0.429. The molecule has 0 saturated heterocycles. The van der Waals surface area contributed by atoms with Gasteiger partial charge < -0.3 is 10.1 Å². The number of benzene rings is 1. The van der Waals surface area contributed by atoms with E-state index in [9.17, 15) is 8.78 Å². The first-order valence-electron chi connectivity index (χ1n) is 6.19. The van der Waals surface area contributed by atoms with Gasteiger partial charge in [0.2, 0.25) is 0 Å². The van der Waals surface area contributed by atoms with E-state index in [1.807, 2.05) is 13.0 Å². The van der Waals surface area contributed by atoms with E-state index in [0.717, 1.165) is 13.0 Å². The molecule has 0 aliphatic heterocycles. The van der Waals surface area contributed by atoms with Crippen LogP contribution >= 0.6 is 11.6 Å². The van der Waals surface area contributed by atoms with Crippen molar-refractivity contribution in [3.05, 3.63) is 34.9 Å². The standard InChI is InChI=1S/C14H18ClF2NO/c1-3-8-18-10(2)4-5-11-9-12(15)6-7-13(11)19-14(16)17/h4-7,9-10,14,18H,3,8H2,1-2H3/b5-4+. The maximum atomic E-state index is 12.3. The van der Waals surface area contributed by atoms with Crippen molar-refractivity contribution >= 4 is 17.7 Å². The molecule has 0 spiro atoms. The fourth-order valence-electron chi connectivity index (χ4n) is 1.54. The van der Waals surface area contributed by atoms with Crippen LogP contribution in [0.5, 0.6) is 5.75 Å². The van der Waals surface area contributed by atoms with E-state index in [0.29, 0.717) is 10.6 Å². The van der Waals surface area contributed by atoms with Crippen LogP contribution in [-0.2, 0) is 0 Å². The maximum Gasteiger partial charge on any atom is 0.387 e. The summed E-state index contributed by atoms with van der Waals surface area (Å²) in [6.07, 6.45) is 4.66. The lowest BCUT2D eigenvalue weighted by Crippen LogP contribution is -2.24. The molecule has 1 aromatic carbocycles. The Labute approximate surface area is 117 Å². The van der Waals surface area contributed by atoms with Gasteiger partial charge in [-0.3, -0.25) is 0 Å². The zero-order chi connectivity index (χ0) is 14.3. The van der Waals surface area contributed by atoms with E-state index >= 15 is 0 Å². The van der Waals surface area contributed by atoms with Gasteiger partial charge in [0.1, 0.15) is 5.75 Å². The molecule has 0 saturated carbocycles. The van der Waals surface area contributed by atoms with Gasteiger partial charge in [0.05, 0.1) is 0 Å². The Balaban J connectivity index is 2.79. The van der Waals surface area contributed by atoms with E-state index < -0.39 is 6.61 Å². The van der Waals surface area contributed by atoms with Crippen molar-refractivity contribution in [2.45, 2.75) is 32.9 Å². The van der Waals surface area contributed by atoms with Gasteiger partial charge in [0.25, 0.3) is 0 Å². The third-order valence-corrected chi connectivity index (χ3v) is 2.70. The predicted molar refractivity (Wildman–Crippen MR) is 74.9 cm³/mol. The molecular formula is C14H18ClF2NO. The van der Waals surface area contributed by atoms with Crippen LogP contribution in [0.3, 0.4) is 0 Å². The molecule has 106 valence electrons. The van der Waals surface area contributed by atoms with Gasteiger partial charge in [-0.2, -0.15) is 8.78 Å². The van der Waals surface area contributed by atoms with Gasteiger partial charge >= 0.3 is 6.61 Å². The highest BCUT2D eigenvalue weighted by Crippen LogP contribution is 2.25. The predicted octanol–water partition coefficient (Wildman–Crippen LogP) is 4.34. The molecule has 0 aromatic heterocycles. The van der Waals surface area contributed by atoms with Crippen LogP contribution < -0.4 is 10.1 Å². The number of hydrogen-bond acceptors (Lipinski definition) is 2. The summed E-state index contributed by atoms with van der Waals surface area (Å²) in [5.74, 6) is 0.123. The molecule has 0 fully saturated rings. The lowest BCUT2D eigenvalue weighted by molar-refractivity contribution is -0.0499. The number of alkyl halides is 2. The van der Waals surface area contributed by atoms with Crippen molar-refractivity contribution in [2.75, 3.05) is 6.54 Å². The van der Waals surface area contributed by atoms with Crippen molar-refractivity contribution in [2.24, 2.45) is 0 Å². The molecule has 1 N–H and O–H groups in total. The van der Waals surface area contributed by atoms with Crippen LogP contribution in [0.4, 0.5) is 8.78 Å². The molecule has 0 aliphatic rings. The van der Waals surface area contributed by atoms with E-state index in [-0.39, 0.29) is 11.8 Å². The lowest BCUT2D eigenvalue weighted by atomic mass is 10.1. The Hall–Kier alpha value is -1.13. The van der Waals surface area contributed by atoms with E-state index in [1.165, 1.54) is 12.1 Å². The minimum absolute atomic E-state index is 0.123. The lowest BCUT2D eigenvalue weighted by Gasteiger charge is -2.10. The zero-order valence-corrected chi connectivity index (χ0v) is 11.8. The van der Waals surface area contributed by atoms with Crippen LogP contribution in [0.2, 0.25) is 5.02 Å². The van der Waals surface area contributed by atoms with Crippen molar-refractivity contribution < 1.29 is 13.5 Å². The second-order valence-corrected chi connectivity index (χ2v) is 4.60. The number of rotatable bonds is 7. The summed E-state index contributed by atoms with van der Waals surface area (Å²) >= 11 is 5.86. The van der Waals surface area contributed by atoms with Gasteiger partial charge in [-0.25, -0.2) is 0 Å². The summed E-state index contributed by atoms with van der Waals surface area (Å²) in [6, 6.07) is 4.72. The summed E-state index contributed by atoms with van der Waals surface area (Å²) in [7, 11) is 0. The average molecular weight is 290 g/mol. The zero-order valence-electron chi connectivity index (χ0n) is 11.0. The van der Waals surface area contributed by atoms with Crippen molar-refractivity contribution in [3.8, 4) is 5.75 Å². The average Bonchev–Trinajstić information content (AvgIpc) is 2.36. The molecule has 1 unspecified atom stereocenters. The van der Waals surface area contributed by atoms with Gasteiger partial charge in [0, 0.05) is 16.6 Å². The van der Waals surface area contributed by atoms with Crippen molar-refractivity contribution in [3.63, 3.8) is 0 Å². The summed E-state index contributed by atoms with van der Waals surface area (Å²) in [5, 5.41) is 3.75. The molecule has 0 aliphatic carbocycles. The third kappa shape index (κ3) is 6.03. The third-order valence-electron chi connectivity index (χ3n) is 2.47. The van der Waals surface area contributed by atoms with Crippen molar-refractivity contribution in [1.82, 2.24) is 5.32 Å². The van der Waals surface area contributed by atoms with Gasteiger partial charge in [0.15, 0.2) is 0 Å². The van der Waals surface area contributed by atoms with Gasteiger partial charge in [-0.05, 0) is 38.1 Å². The van der Waals surface area contributed by atoms with Crippen LogP contribution in [0.1, 0.15) is 25.8 Å². The SMILES string of the molecule is CCCNC(C)/C=C/c1cc(Cl)ccc1OC(F)F. The monoisotopic (exact) mass is 289 g/mol. The molecule has 1 atom stereocenters. The minimum atomic E-state index is -2.84. The molecule has 19 heavy (non-hydrogen) atoms. The van der Waals surface area contributed by atoms with Crippen LogP contribution in [0, 0.1) is 0 Å². The molecule has 0 bridgehead atoms. The largest absolute Gasteiger partial charge is 0.434 e. The van der Waals surface area contributed by atoms with E-state index in [1.54, 1.807) is 12.1 Å². The highest BCUT2D eigenvalue weighted by Gasteiger charge is 2.08. The highest BCUT2D eigenvalue weighted by molar-refractivity contribution is 6.30. The summed E-state index contributed by atoms with van der Waals surface area (Å²) < 4.78 is 29.0. The topological polar surface area (TPSA) is 21.3 Å². The Morgan fingerprint density at radius 1 is 1.42 bits per heavy atom. The number of ether oxygens (including phenoxy) is 1. The van der Waals surface area contributed by atoms with Crippen LogP contribution in [0.25, 0.3) is 6.08 Å². The second kappa shape index (κ2) is 8.12. The number of halogens is 3. The van der Waals surface area contributed by atoms with Crippen molar-refractivity contribution in [1.29, 1.82) is 0 Å². The number of nitrogens with one attached hydrogen (secondary N) is 1. The summed E-state index contributed by atoms with van der Waals surface area (Å²) in [4.78, 5) is 0. The molecule has 1 aromatic rings. The molecule has 0 amide bonds. The summed E-state index contributed by atoms with van der Waals surface area (Å²) in [5.41, 5.74) is 0.540. The Morgan fingerprint density at radius 3 is 2.79 bits per heavy atom. The first-order valence-corrected chi connectivity index (χ1v) is 6.56. The normalized spacial score (nSPS) is 13.2. The van der Waals surface area contributed by atoms with Gasteiger partial charge in [-0.15, -0.1) is 0 Å². The number of hydrogen-bond donors (Lipinski definition) is 1. The Kier molecular flexibility index (Phi) is 6.81. The second-order valence-electron chi connectivity index (χ2n) is 4.16. The molecule has 2 nitrogen and oxygen atoms in total. The first-order chi connectivity index (χ1) is 9.02. The molecular weight excluding hydrogens is 272 g/mol. The fourth-order valence-corrected chi connectivity index (χ4v) is 1.72. The van der Waals surface area contributed by atoms with Crippen LogP contribution in [-0.4, -0.2) is 19.2 Å².